The van der Waals surface area contributed by atoms with Gasteiger partial charge < -0.3 is 15.4 Å². The summed E-state index contributed by atoms with van der Waals surface area (Å²) in [5.74, 6) is 2.20. The molecule has 2 rings (SSSR count). The number of ether oxygens (including phenoxy) is 1. The van der Waals surface area contributed by atoms with Gasteiger partial charge in [-0.2, -0.15) is 0 Å². The fourth-order valence-electron chi connectivity index (χ4n) is 2.61. The van der Waals surface area contributed by atoms with Crippen molar-refractivity contribution in [3.05, 3.63) is 30.3 Å². The molecule has 0 atom stereocenters. The third-order valence-corrected chi connectivity index (χ3v) is 5.70. The maximum atomic E-state index is 11.4. The molecule has 0 aliphatic carbocycles. The third-order valence-electron chi connectivity index (χ3n) is 4.09. The van der Waals surface area contributed by atoms with Crippen LogP contribution in [0, 0.1) is 0 Å². The first-order valence-electron chi connectivity index (χ1n) is 9.22. The Morgan fingerprint density at radius 1 is 1.19 bits per heavy atom. The first kappa shape index (κ1) is 20.5. The Balaban J connectivity index is 1.63. The summed E-state index contributed by atoms with van der Waals surface area (Å²) >= 11 is 0. The van der Waals surface area contributed by atoms with Crippen LogP contribution in [0.5, 0.6) is 5.75 Å². The van der Waals surface area contributed by atoms with Crippen LogP contribution in [0.15, 0.2) is 35.3 Å². The summed E-state index contributed by atoms with van der Waals surface area (Å²) in [5.41, 5.74) is 0. The van der Waals surface area contributed by atoms with Gasteiger partial charge in [0, 0.05) is 45.7 Å². The first-order chi connectivity index (χ1) is 12.6. The van der Waals surface area contributed by atoms with Crippen LogP contribution < -0.4 is 15.4 Å². The smallest absolute Gasteiger partial charge is 0.191 e. The number of guanidine groups is 1. The second kappa shape index (κ2) is 11.0. The Hall–Kier alpha value is -1.80. The van der Waals surface area contributed by atoms with Gasteiger partial charge in [-0.3, -0.25) is 9.89 Å². The zero-order valence-electron chi connectivity index (χ0n) is 15.5. The molecule has 2 N–H and O–H groups in total. The molecule has 1 fully saturated rings. The first-order valence-corrected chi connectivity index (χ1v) is 11.0. The molecular weight excluding hydrogens is 352 g/mol. The average Bonchev–Trinajstić information content (AvgIpc) is 2.63. The number of aliphatic imine (C=N–C) groups is 1. The molecule has 1 aromatic rings. The number of nitrogens with zero attached hydrogens (tertiary/aromatic N) is 2. The Kier molecular flexibility index (Phi) is 8.70. The molecule has 0 amide bonds. The highest BCUT2D eigenvalue weighted by Crippen LogP contribution is 2.08. The molecule has 1 aliphatic rings. The van der Waals surface area contributed by atoms with Crippen molar-refractivity contribution in [3.8, 4) is 5.75 Å². The molecule has 146 valence electrons. The van der Waals surface area contributed by atoms with E-state index >= 15 is 0 Å². The standard InChI is InChI=1S/C18H30N4O3S/c1-2-19-18(20-9-6-14-25-17-7-4-3-5-8-17)21-10-11-22-12-15-26(23,24)16-13-22/h3-5,7-8H,2,6,9-16H2,1H3,(H2,19,20,21). The summed E-state index contributed by atoms with van der Waals surface area (Å²) in [4.78, 5) is 6.72. The van der Waals surface area contributed by atoms with Crippen LogP contribution in [0.25, 0.3) is 0 Å². The van der Waals surface area contributed by atoms with Crippen molar-refractivity contribution in [2.45, 2.75) is 13.3 Å². The predicted molar refractivity (Wildman–Crippen MR) is 106 cm³/mol. The van der Waals surface area contributed by atoms with E-state index < -0.39 is 9.84 Å². The lowest BCUT2D eigenvalue weighted by atomic mass is 10.3. The summed E-state index contributed by atoms with van der Waals surface area (Å²) in [5, 5.41) is 6.53. The molecule has 0 radical (unpaired) electrons. The number of hydrogen-bond donors (Lipinski definition) is 2. The van der Waals surface area contributed by atoms with E-state index in [-0.39, 0.29) is 11.5 Å². The van der Waals surface area contributed by atoms with Gasteiger partial charge in [-0.05, 0) is 19.1 Å². The summed E-state index contributed by atoms with van der Waals surface area (Å²) in [6.45, 7) is 6.95. The highest BCUT2D eigenvalue weighted by Gasteiger charge is 2.20. The van der Waals surface area contributed by atoms with Crippen LogP contribution in [0.1, 0.15) is 13.3 Å². The van der Waals surface area contributed by atoms with E-state index in [1.165, 1.54) is 0 Å². The molecule has 0 spiro atoms. The quantitative estimate of drug-likeness (QED) is 0.372. The molecule has 0 bridgehead atoms. The van der Waals surface area contributed by atoms with Gasteiger partial charge in [-0.25, -0.2) is 8.42 Å². The minimum Gasteiger partial charge on any atom is -0.494 e. The van der Waals surface area contributed by atoms with Crippen molar-refractivity contribution in [2.75, 3.05) is 57.4 Å². The number of benzene rings is 1. The van der Waals surface area contributed by atoms with Gasteiger partial charge in [0.05, 0.1) is 18.1 Å². The Morgan fingerprint density at radius 2 is 1.92 bits per heavy atom. The summed E-state index contributed by atoms with van der Waals surface area (Å²) in [6.07, 6.45) is 0.843. The summed E-state index contributed by atoms with van der Waals surface area (Å²) in [7, 11) is -2.81. The minimum atomic E-state index is -2.81. The molecule has 1 aliphatic heterocycles. The SMILES string of the molecule is CCNC(=NCCCOc1ccccc1)NCCN1CCS(=O)(=O)CC1. The number of nitrogens with one attached hydrogen (secondary N) is 2. The van der Waals surface area contributed by atoms with Gasteiger partial charge in [0.25, 0.3) is 0 Å². The van der Waals surface area contributed by atoms with E-state index in [0.29, 0.717) is 26.2 Å². The van der Waals surface area contributed by atoms with Crippen molar-refractivity contribution in [1.29, 1.82) is 0 Å². The molecule has 1 aromatic carbocycles. The van der Waals surface area contributed by atoms with Crippen LogP contribution in [-0.4, -0.2) is 76.7 Å². The van der Waals surface area contributed by atoms with Crippen molar-refractivity contribution in [1.82, 2.24) is 15.5 Å². The summed E-state index contributed by atoms with van der Waals surface area (Å²) in [6, 6.07) is 9.77. The monoisotopic (exact) mass is 382 g/mol. The van der Waals surface area contributed by atoms with Gasteiger partial charge in [-0.15, -0.1) is 0 Å². The van der Waals surface area contributed by atoms with Crippen molar-refractivity contribution < 1.29 is 13.2 Å². The van der Waals surface area contributed by atoms with E-state index in [1.54, 1.807) is 0 Å². The van der Waals surface area contributed by atoms with Crippen LogP contribution >= 0.6 is 0 Å². The van der Waals surface area contributed by atoms with Crippen LogP contribution in [-0.2, 0) is 9.84 Å². The number of sulfone groups is 1. The molecule has 1 saturated heterocycles. The zero-order chi connectivity index (χ0) is 18.7. The molecule has 0 saturated carbocycles. The van der Waals surface area contributed by atoms with Gasteiger partial charge >= 0.3 is 0 Å². The van der Waals surface area contributed by atoms with E-state index in [9.17, 15) is 8.42 Å². The second-order valence-electron chi connectivity index (χ2n) is 6.20. The molecular formula is C18H30N4O3S. The fourth-order valence-corrected chi connectivity index (χ4v) is 3.89. The van der Waals surface area contributed by atoms with E-state index in [1.807, 2.05) is 37.3 Å². The molecule has 1 heterocycles. The van der Waals surface area contributed by atoms with E-state index in [2.05, 4.69) is 20.5 Å². The van der Waals surface area contributed by atoms with Crippen molar-refractivity contribution in [2.24, 2.45) is 4.99 Å². The highest BCUT2D eigenvalue weighted by molar-refractivity contribution is 7.91. The normalized spacial score (nSPS) is 17.7. The molecule has 7 nitrogen and oxygen atoms in total. The fraction of sp³-hybridized carbons (Fsp3) is 0.611. The minimum absolute atomic E-state index is 0.266. The Morgan fingerprint density at radius 3 is 2.62 bits per heavy atom. The lowest BCUT2D eigenvalue weighted by molar-refractivity contribution is 0.299. The van der Waals surface area contributed by atoms with Crippen LogP contribution in [0.3, 0.4) is 0 Å². The average molecular weight is 383 g/mol. The zero-order valence-corrected chi connectivity index (χ0v) is 16.3. The molecule has 8 heteroatoms. The maximum absolute atomic E-state index is 11.4. The van der Waals surface area contributed by atoms with Gasteiger partial charge in [0.2, 0.25) is 0 Å². The van der Waals surface area contributed by atoms with Crippen LogP contribution in [0.4, 0.5) is 0 Å². The van der Waals surface area contributed by atoms with Crippen LogP contribution in [0.2, 0.25) is 0 Å². The predicted octanol–water partition coefficient (Wildman–Crippen LogP) is 0.741. The Labute approximate surface area is 156 Å². The topological polar surface area (TPSA) is 83.0 Å². The molecule has 0 aromatic heterocycles. The van der Waals surface area contributed by atoms with Crippen molar-refractivity contribution >= 4 is 15.8 Å². The summed E-state index contributed by atoms with van der Waals surface area (Å²) < 4.78 is 28.5. The number of rotatable bonds is 9. The van der Waals surface area contributed by atoms with Gasteiger partial charge in [0.15, 0.2) is 15.8 Å². The lowest BCUT2D eigenvalue weighted by Crippen LogP contribution is -2.46. The maximum Gasteiger partial charge on any atom is 0.191 e. The Bertz CT molecular complexity index is 636. The lowest BCUT2D eigenvalue weighted by Gasteiger charge is -2.26. The molecule has 26 heavy (non-hydrogen) atoms. The highest BCUT2D eigenvalue weighted by atomic mass is 32.2. The van der Waals surface area contributed by atoms with Gasteiger partial charge in [-0.1, -0.05) is 18.2 Å². The number of hydrogen-bond acceptors (Lipinski definition) is 5. The van der Waals surface area contributed by atoms with E-state index in [4.69, 9.17) is 4.74 Å². The number of para-hydroxylation sites is 1. The van der Waals surface area contributed by atoms with Crippen molar-refractivity contribution in [3.63, 3.8) is 0 Å². The molecule has 0 unspecified atom stereocenters. The van der Waals surface area contributed by atoms with E-state index in [0.717, 1.165) is 37.8 Å². The largest absolute Gasteiger partial charge is 0.494 e. The third kappa shape index (κ3) is 8.05. The second-order valence-corrected chi connectivity index (χ2v) is 8.50. The van der Waals surface area contributed by atoms with Gasteiger partial charge in [0.1, 0.15) is 5.75 Å².